The summed E-state index contributed by atoms with van der Waals surface area (Å²) in [4.78, 5) is 16.3. The summed E-state index contributed by atoms with van der Waals surface area (Å²) >= 11 is 0. The zero-order valence-corrected chi connectivity index (χ0v) is 11.2. The number of carbonyl (C=O) groups excluding carboxylic acids is 1. The van der Waals surface area contributed by atoms with E-state index in [-0.39, 0.29) is 11.9 Å². The van der Waals surface area contributed by atoms with E-state index in [2.05, 4.69) is 25.8 Å². The highest BCUT2D eigenvalue weighted by Gasteiger charge is 2.15. The van der Waals surface area contributed by atoms with Gasteiger partial charge in [0.1, 0.15) is 12.2 Å². The van der Waals surface area contributed by atoms with Gasteiger partial charge in [0.05, 0.1) is 11.6 Å². The summed E-state index contributed by atoms with van der Waals surface area (Å²) in [6, 6.07) is 5.44. The summed E-state index contributed by atoms with van der Waals surface area (Å²) in [5.74, 6) is 0.486. The van der Waals surface area contributed by atoms with Crippen molar-refractivity contribution in [3.8, 4) is 0 Å². The van der Waals surface area contributed by atoms with Crippen LogP contribution in [0, 0.1) is 6.92 Å². The van der Waals surface area contributed by atoms with Gasteiger partial charge in [0, 0.05) is 12.7 Å². The van der Waals surface area contributed by atoms with Crippen LogP contribution in [0.15, 0.2) is 24.5 Å². The SMILES string of the molecule is CNc1cc(C)ccc1C(=O)NC(C)c1ncn[nH]1. The van der Waals surface area contributed by atoms with Crippen molar-refractivity contribution in [3.05, 3.63) is 41.5 Å². The van der Waals surface area contributed by atoms with E-state index in [1.165, 1.54) is 6.33 Å². The van der Waals surface area contributed by atoms with Crippen molar-refractivity contribution in [1.82, 2.24) is 20.5 Å². The monoisotopic (exact) mass is 259 g/mol. The van der Waals surface area contributed by atoms with E-state index < -0.39 is 0 Å². The van der Waals surface area contributed by atoms with Gasteiger partial charge in [-0.3, -0.25) is 9.89 Å². The van der Waals surface area contributed by atoms with Crippen LogP contribution in [0.2, 0.25) is 0 Å². The van der Waals surface area contributed by atoms with Gasteiger partial charge >= 0.3 is 0 Å². The first kappa shape index (κ1) is 13.1. The van der Waals surface area contributed by atoms with Crippen LogP contribution in [0.3, 0.4) is 0 Å². The predicted molar refractivity (Wildman–Crippen MR) is 73.0 cm³/mol. The Balaban J connectivity index is 2.16. The number of amides is 1. The van der Waals surface area contributed by atoms with Crippen LogP contribution >= 0.6 is 0 Å². The molecule has 1 unspecified atom stereocenters. The average Bonchev–Trinajstić information content (AvgIpc) is 2.92. The second-order valence-corrected chi connectivity index (χ2v) is 4.36. The minimum Gasteiger partial charge on any atom is -0.387 e. The van der Waals surface area contributed by atoms with Gasteiger partial charge in [0.15, 0.2) is 0 Å². The summed E-state index contributed by atoms with van der Waals surface area (Å²) in [5, 5.41) is 12.4. The number of hydrogen-bond acceptors (Lipinski definition) is 4. The van der Waals surface area contributed by atoms with Crippen LogP contribution in [0.5, 0.6) is 0 Å². The van der Waals surface area contributed by atoms with Gasteiger partial charge in [-0.2, -0.15) is 5.10 Å². The van der Waals surface area contributed by atoms with Crippen LogP contribution in [0.1, 0.15) is 34.7 Å². The molecule has 0 aliphatic heterocycles. The third kappa shape index (κ3) is 2.90. The standard InChI is InChI=1S/C13H17N5O/c1-8-4-5-10(11(6-8)14-3)13(19)17-9(2)12-15-7-16-18-12/h4-7,9,14H,1-3H3,(H,17,19)(H,15,16,18). The van der Waals surface area contributed by atoms with Crippen molar-refractivity contribution in [3.63, 3.8) is 0 Å². The number of nitrogens with one attached hydrogen (secondary N) is 3. The van der Waals surface area contributed by atoms with Crippen molar-refractivity contribution in [1.29, 1.82) is 0 Å². The minimum atomic E-state index is -0.221. The normalized spacial score (nSPS) is 11.9. The first-order valence-electron chi connectivity index (χ1n) is 6.06. The zero-order valence-electron chi connectivity index (χ0n) is 11.2. The highest BCUT2D eigenvalue weighted by molar-refractivity contribution is 5.99. The molecule has 6 heteroatoms. The van der Waals surface area contributed by atoms with Gasteiger partial charge in [-0.25, -0.2) is 4.98 Å². The number of anilines is 1. The highest BCUT2D eigenvalue weighted by atomic mass is 16.1. The molecule has 0 saturated heterocycles. The molecule has 3 N–H and O–H groups in total. The van der Waals surface area contributed by atoms with E-state index in [0.717, 1.165) is 11.3 Å². The molecular formula is C13H17N5O. The fraction of sp³-hybridized carbons (Fsp3) is 0.308. The van der Waals surface area contributed by atoms with Crippen LogP contribution in [-0.4, -0.2) is 28.1 Å². The van der Waals surface area contributed by atoms with Crippen LogP contribution in [0.25, 0.3) is 0 Å². The molecule has 1 aromatic carbocycles. The minimum absolute atomic E-state index is 0.145. The third-order valence-corrected chi connectivity index (χ3v) is 2.88. The summed E-state index contributed by atoms with van der Waals surface area (Å²) in [7, 11) is 1.80. The number of benzene rings is 1. The summed E-state index contributed by atoms with van der Waals surface area (Å²) in [5.41, 5.74) is 2.52. The number of hydrogen-bond donors (Lipinski definition) is 3. The van der Waals surface area contributed by atoms with Gasteiger partial charge in [-0.1, -0.05) is 6.07 Å². The quantitative estimate of drug-likeness (QED) is 0.779. The van der Waals surface area contributed by atoms with E-state index in [0.29, 0.717) is 11.4 Å². The molecule has 0 saturated carbocycles. The summed E-state index contributed by atoms with van der Waals surface area (Å²) in [6.45, 7) is 3.84. The molecule has 19 heavy (non-hydrogen) atoms. The molecule has 0 aliphatic carbocycles. The van der Waals surface area contributed by atoms with Crippen molar-refractivity contribution in [2.24, 2.45) is 0 Å². The maximum absolute atomic E-state index is 12.2. The van der Waals surface area contributed by atoms with Crippen molar-refractivity contribution >= 4 is 11.6 Å². The lowest BCUT2D eigenvalue weighted by Crippen LogP contribution is -2.28. The molecule has 1 heterocycles. The third-order valence-electron chi connectivity index (χ3n) is 2.88. The second-order valence-electron chi connectivity index (χ2n) is 4.36. The van der Waals surface area contributed by atoms with Crippen LogP contribution in [0.4, 0.5) is 5.69 Å². The molecule has 0 aliphatic rings. The number of H-pyrrole nitrogens is 1. The first-order chi connectivity index (χ1) is 9.11. The van der Waals surface area contributed by atoms with Crippen LogP contribution < -0.4 is 10.6 Å². The Hall–Kier alpha value is -2.37. The van der Waals surface area contributed by atoms with E-state index in [1.807, 2.05) is 32.0 Å². The molecule has 0 spiro atoms. The Labute approximate surface area is 111 Å². The second kappa shape index (κ2) is 5.51. The molecule has 1 aromatic heterocycles. The Morgan fingerprint density at radius 3 is 2.84 bits per heavy atom. The summed E-state index contributed by atoms with van der Waals surface area (Å²) in [6.07, 6.45) is 1.42. The number of carbonyl (C=O) groups is 1. The number of aromatic nitrogens is 3. The molecule has 2 aromatic rings. The molecule has 100 valence electrons. The molecule has 6 nitrogen and oxygen atoms in total. The lowest BCUT2D eigenvalue weighted by molar-refractivity contribution is 0.0939. The highest BCUT2D eigenvalue weighted by Crippen LogP contribution is 2.18. The Bertz CT molecular complexity index is 564. The van der Waals surface area contributed by atoms with Crippen molar-refractivity contribution in [2.45, 2.75) is 19.9 Å². The lowest BCUT2D eigenvalue weighted by atomic mass is 10.1. The number of rotatable bonds is 4. The predicted octanol–water partition coefficient (Wildman–Crippen LogP) is 1.65. The van der Waals surface area contributed by atoms with Gasteiger partial charge in [0.2, 0.25) is 0 Å². The number of aryl methyl sites for hydroxylation is 1. The lowest BCUT2D eigenvalue weighted by Gasteiger charge is -2.14. The maximum Gasteiger partial charge on any atom is 0.253 e. The van der Waals surface area contributed by atoms with Gasteiger partial charge in [-0.05, 0) is 31.5 Å². The van der Waals surface area contributed by atoms with E-state index in [9.17, 15) is 4.79 Å². The van der Waals surface area contributed by atoms with Gasteiger partial charge < -0.3 is 10.6 Å². The fourth-order valence-corrected chi connectivity index (χ4v) is 1.83. The summed E-state index contributed by atoms with van der Waals surface area (Å²) < 4.78 is 0. The molecular weight excluding hydrogens is 242 g/mol. The molecule has 0 fully saturated rings. The zero-order chi connectivity index (χ0) is 13.8. The largest absolute Gasteiger partial charge is 0.387 e. The number of aromatic amines is 1. The Morgan fingerprint density at radius 2 is 2.21 bits per heavy atom. The van der Waals surface area contributed by atoms with Crippen molar-refractivity contribution < 1.29 is 4.79 Å². The van der Waals surface area contributed by atoms with Crippen molar-refractivity contribution in [2.75, 3.05) is 12.4 Å². The Morgan fingerprint density at radius 1 is 1.42 bits per heavy atom. The Kier molecular flexibility index (Phi) is 3.79. The molecule has 1 amide bonds. The van der Waals surface area contributed by atoms with Gasteiger partial charge in [0.25, 0.3) is 5.91 Å². The molecule has 0 bridgehead atoms. The average molecular weight is 259 g/mol. The van der Waals surface area contributed by atoms with Crippen LogP contribution in [-0.2, 0) is 0 Å². The number of nitrogens with zero attached hydrogens (tertiary/aromatic N) is 2. The fourth-order valence-electron chi connectivity index (χ4n) is 1.83. The topological polar surface area (TPSA) is 82.7 Å². The van der Waals surface area contributed by atoms with Gasteiger partial charge in [-0.15, -0.1) is 0 Å². The van der Waals surface area contributed by atoms with E-state index in [1.54, 1.807) is 7.05 Å². The maximum atomic E-state index is 12.2. The smallest absolute Gasteiger partial charge is 0.253 e. The molecule has 1 atom stereocenters. The van der Waals surface area contributed by atoms with E-state index >= 15 is 0 Å². The van der Waals surface area contributed by atoms with E-state index in [4.69, 9.17) is 0 Å². The molecule has 2 rings (SSSR count). The molecule has 0 radical (unpaired) electrons. The first-order valence-corrected chi connectivity index (χ1v) is 6.06.